The van der Waals surface area contributed by atoms with Gasteiger partial charge in [-0.3, -0.25) is 0 Å². The fourth-order valence-corrected chi connectivity index (χ4v) is 2.72. The van der Waals surface area contributed by atoms with Gasteiger partial charge in [0, 0.05) is 24.7 Å². The van der Waals surface area contributed by atoms with Crippen molar-refractivity contribution in [2.45, 2.75) is 54.2 Å². The van der Waals surface area contributed by atoms with Crippen molar-refractivity contribution >= 4 is 93.6 Å². The molecule has 1 atom stereocenters. The molecule has 0 aliphatic carbocycles. The number of halogens is 6. The van der Waals surface area contributed by atoms with Crippen molar-refractivity contribution in [2.24, 2.45) is 5.73 Å². The second-order valence-electron chi connectivity index (χ2n) is 6.44. The summed E-state index contributed by atoms with van der Waals surface area (Å²) in [6, 6.07) is 11.6. The first-order valence-electron chi connectivity index (χ1n) is 11.8. The van der Waals surface area contributed by atoms with Gasteiger partial charge in [0.2, 0.25) is 0 Å². The number of rotatable bonds is 3. The molecule has 0 aliphatic heterocycles. The van der Waals surface area contributed by atoms with Crippen LogP contribution in [0.3, 0.4) is 0 Å². The second kappa shape index (κ2) is 27.9. The zero-order valence-corrected chi connectivity index (χ0v) is 30.2. The van der Waals surface area contributed by atoms with Gasteiger partial charge in [0.25, 0.3) is 0 Å². The third kappa shape index (κ3) is 21.2. The van der Waals surface area contributed by atoms with Gasteiger partial charge in [-0.15, -0.1) is 0 Å². The minimum atomic E-state index is -0.293. The number of alkyl halides is 2. The van der Waals surface area contributed by atoms with E-state index in [4.69, 9.17) is 21.5 Å². The van der Waals surface area contributed by atoms with Crippen LogP contribution in [-0.4, -0.2) is 26.5 Å². The second-order valence-corrected chi connectivity index (χ2v) is 11.2. The third-order valence-corrected chi connectivity index (χ3v) is 4.85. The van der Waals surface area contributed by atoms with Gasteiger partial charge in [-0.25, -0.2) is 13.8 Å². The molecule has 1 aromatic heterocycles. The molecule has 214 valence electrons. The molecular weight excluding hydrogens is 848 g/mol. The minimum Gasteiger partial charge on any atom is -0.384 e. The first-order valence-corrected chi connectivity index (χ1v) is 16.5. The van der Waals surface area contributed by atoms with E-state index in [2.05, 4.69) is 95.9 Å². The molecule has 38 heavy (non-hydrogen) atoms. The van der Waals surface area contributed by atoms with Crippen molar-refractivity contribution in [3.8, 4) is 6.07 Å². The fourth-order valence-electron chi connectivity index (χ4n) is 2.11. The molecule has 0 saturated heterocycles. The highest BCUT2D eigenvalue weighted by atomic mass is 127. The van der Waals surface area contributed by atoms with Gasteiger partial charge in [-0.1, -0.05) is 78.9 Å². The highest BCUT2D eigenvalue weighted by molar-refractivity contribution is 14.1. The molecule has 11 heteroatoms. The predicted molar refractivity (Wildman–Crippen MR) is 183 cm³/mol. The zero-order chi connectivity index (χ0) is 30.1. The smallest absolute Gasteiger partial charge is 0.141 e. The lowest BCUT2D eigenvalue weighted by molar-refractivity contribution is 0.114. The van der Waals surface area contributed by atoms with Crippen LogP contribution in [0.15, 0.2) is 51.5 Å². The molecule has 0 spiro atoms. The Balaban J connectivity index is -0.000000438. The highest BCUT2D eigenvalue weighted by Gasteiger charge is 2.02. The van der Waals surface area contributed by atoms with Crippen LogP contribution in [0.25, 0.3) is 10.8 Å². The number of fused-ring (bicyclic) bond motifs is 1. The van der Waals surface area contributed by atoms with Crippen molar-refractivity contribution in [3.05, 3.63) is 68.7 Å². The first-order chi connectivity index (χ1) is 18.0. The summed E-state index contributed by atoms with van der Waals surface area (Å²) in [4.78, 5) is 3.87. The molecule has 3 rings (SSSR count). The van der Waals surface area contributed by atoms with Gasteiger partial charge < -0.3 is 16.2 Å². The number of benzene rings is 2. The summed E-state index contributed by atoms with van der Waals surface area (Å²) in [5.74, 6) is -0.118. The molecule has 0 bridgehead atoms. The normalized spacial score (nSPS) is 9.68. The number of nitrogens with zero attached hydrogens (tertiary/aromatic N) is 2. The molecule has 0 aliphatic rings. The lowest BCUT2D eigenvalue weighted by Gasteiger charge is -2.00. The molecule has 0 amide bonds. The molecule has 3 aromatic rings. The summed E-state index contributed by atoms with van der Waals surface area (Å²) in [6.45, 7) is 12.8. The number of aromatic nitrogens is 1. The maximum Gasteiger partial charge on any atom is 0.141 e. The number of nitriles is 1. The largest absolute Gasteiger partial charge is 0.384 e. The number of hydrogen-bond donors (Lipinski definition) is 2. The van der Waals surface area contributed by atoms with Crippen molar-refractivity contribution < 1.29 is 13.5 Å². The third-order valence-electron chi connectivity index (χ3n) is 3.60. The Bertz CT molecular complexity index is 1060. The van der Waals surface area contributed by atoms with E-state index in [0.29, 0.717) is 27.9 Å². The Labute approximate surface area is 271 Å². The van der Waals surface area contributed by atoms with E-state index < -0.39 is 0 Å². The lowest BCUT2D eigenvalue weighted by Crippen LogP contribution is -2.02. The summed E-state index contributed by atoms with van der Waals surface area (Å²) in [5.41, 5.74) is 11.6. The average molecular weight is 886 g/mol. The summed E-state index contributed by atoms with van der Waals surface area (Å²) >= 11 is 10.7. The van der Waals surface area contributed by atoms with Gasteiger partial charge in [-0.2, -0.15) is 5.26 Å². The molecule has 0 fully saturated rings. The Hall–Kier alpha value is -0.660. The van der Waals surface area contributed by atoms with Gasteiger partial charge in [0.1, 0.15) is 23.6 Å². The minimum absolute atomic E-state index is 0.245. The van der Waals surface area contributed by atoms with E-state index in [1.165, 1.54) is 21.0 Å². The Kier molecular flexibility index (Phi) is 30.7. The quantitative estimate of drug-likeness (QED) is 0.202. The van der Waals surface area contributed by atoms with Crippen molar-refractivity contribution in [3.63, 3.8) is 0 Å². The number of hydrogen-bond acceptors (Lipinski definition) is 5. The monoisotopic (exact) mass is 884 g/mol. The SMILES string of the molecule is CC.CCI.CCI.CCOC(C)C#N.NCc1ccc(Br)c(F)c1.Nc1cc2cc(Br)c(F)cc2cn1. The summed E-state index contributed by atoms with van der Waals surface area (Å²) < 4.78 is 33.9. The van der Waals surface area contributed by atoms with Crippen LogP contribution in [-0.2, 0) is 11.3 Å². The average Bonchev–Trinajstić information content (AvgIpc) is 2.89. The van der Waals surface area contributed by atoms with Gasteiger partial charge in [-0.05, 0) is 95.8 Å². The van der Waals surface area contributed by atoms with Crippen molar-refractivity contribution in [1.29, 1.82) is 5.26 Å². The molecule has 2 aromatic carbocycles. The maximum absolute atomic E-state index is 13.0. The highest BCUT2D eigenvalue weighted by Crippen LogP contribution is 2.23. The van der Waals surface area contributed by atoms with Gasteiger partial charge in [0.05, 0.1) is 15.0 Å². The zero-order valence-electron chi connectivity index (χ0n) is 22.7. The van der Waals surface area contributed by atoms with Crippen molar-refractivity contribution in [2.75, 3.05) is 21.2 Å². The molecule has 5 nitrogen and oxygen atoms in total. The summed E-state index contributed by atoms with van der Waals surface area (Å²) in [5, 5.41) is 9.71. The lowest BCUT2D eigenvalue weighted by atomic mass is 10.2. The van der Waals surface area contributed by atoms with E-state index >= 15 is 0 Å². The van der Waals surface area contributed by atoms with E-state index in [1.54, 1.807) is 37.4 Å². The van der Waals surface area contributed by atoms with Crippen LogP contribution in [0, 0.1) is 23.0 Å². The van der Waals surface area contributed by atoms with Crippen LogP contribution < -0.4 is 11.5 Å². The van der Waals surface area contributed by atoms with Crippen molar-refractivity contribution in [1.82, 2.24) is 4.98 Å². The Morgan fingerprint density at radius 1 is 0.974 bits per heavy atom. The Morgan fingerprint density at radius 3 is 1.92 bits per heavy atom. The number of nitrogens with two attached hydrogens (primary N) is 2. The fraction of sp³-hybridized carbons (Fsp3) is 0.407. The summed E-state index contributed by atoms with van der Waals surface area (Å²) in [6.07, 6.45) is 1.31. The molecule has 1 unspecified atom stereocenters. The van der Waals surface area contributed by atoms with Gasteiger partial charge in [0.15, 0.2) is 0 Å². The Morgan fingerprint density at radius 2 is 1.50 bits per heavy atom. The predicted octanol–water partition coefficient (Wildman–Crippen LogP) is 9.61. The maximum atomic E-state index is 13.0. The standard InChI is InChI=1S/C9H6BrFN2.C7H7BrFN.C5H9NO.2C2H5I.C2H6/c10-7-1-5-3-9(12)13-4-6(5)2-8(7)11;8-6-2-1-5(4-10)3-7(6)9;1-3-7-5(2)4-6;2*1-2-3;1-2/h1-4H,(H2,12,13);1-3H,4,10H2;5H,3H2,1-2H3;2*2H2,1H3;1-2H3. The molecule has 0 saturated carbocycles. The van der Waals surface area contributed by atoms with Gasteiger partial charge >= 0.3 is 0 Å². The number of nitrogen functional groups attached to an aromatic ring is 1. The first kappa shape index (κ1) is 41.8. The number of pyridine rings is 1. The topological polar surface area (TPSA) is 97.9 Å². The van der Waals surface area contributed by atoms with Crippen LogP contribution in [0.4, 0.5) is 14.6 Å². The molecule has 4 N–H and O–H groups in total. The van der Waals surface area contributed by atoms with E-state index in [1.807, 2.05) is 26.8 Å². The summed E-state index contributed by atoms with van der Waals surface area (Å²) in [7, 11) is 0. The van der Waals surface area contributed by atoms with E-state index in [9.17, 15) is 8.78 Å². The van der Waals surface area contributed by atoms with Crippen LogP contribution in [0.2, 0.25) is 0 Å². The van der Waals surface area contributed by atoms with Crippen LogP contribution >= 0.6 is 77.0 Å². The molecule has 0 radical (unpaired) electrons. The number of anilines is 1. The molecular formula is C27H38Br2F2I2N4O. The number of ether oxygens (including phenoxy) is 1. The molecule has 1 heterocycles. The van der Waals surface area contributed by atoms with E-state index in [-0.39, 0.29) is 17.7 Å². The van der Waals surface area contributed by atoms with Crippen LogP contribution in [0.5, 0.6) is 0 Å². The van der Waals surface area contributed by atoms with Crippen LogP contribution in [0.1, 0.15) is 47.1 Å². The van der Waals surface area contributed by atoms with E-state index in [0.717, 1.165) is 16.3 Å².